The van der Waals surface area contributed by atoms with Crippen LogP contribution in [0.4, 0.5) is 5.69 Å². The third-order valence-electron chi connectivity index (χ3n) is 3.08. The Morgan fingerprint density at radius 2 is 2.00 bits per heavy atom. The Kier molecular flexibility index (Phi) is 6.15. The monoisotopic (exact) mass is 376 g/mol. The van der Waals surface area contributed by atoms with Crippen molar-refractivity contribution in [3.8, 4) is 0 Å². The lowest BCUT2D eigenvalue weighted by Gasteiger charge is -2.26. The Hall–Kier alpha value is -1.44. The van der Waals surface area contributed by atoms with E-state index in [1.807, 2.05) is 0 Å². The molecule has 0 aromatic heterocycles. The van der Waals surface area contributed by atoms with E-state index >= 15 is 0 Å². The summed E-state index contributed by atoms with van der Waals surface area (Å²) in [7, 11) is 1.26. The smallest absolute Gasteiger partial charge is 0.329 e. The quantitative estimate of drug-likeness (QED) is 0.785. The van der Waals surface area contributed by atoms with Crippen LogP contribution < -0.4 is 10.6 Å². The van der Waals surface area contributed by atoms with Crippen molar-refractivity contribution in [1.82, 2.24) is 5.32 Å². The molecule has 1 aromatic carbocycles. The molecule has 1 fully saturated rings. The van der Waals surface area contributed by atoms with Gasteiger partial charge in [-0.05, 0) is 18.2 Å². The normalized spacial score (nSPS) is 20.6. The van der Waals surface area contributed by atoms with Gasteiger partial charge >= 0.3 is 5.97 Å². The standard InChI is InChI=1S/C14H14Cl2N2O4S/c1-22-14(21)10-6-23-11(13(20)18-10)5-12(19)17-9-3-7(15)2-8(16)4-9/h2-4,10-11H,5-6H2,1H3,(H,17,19)(H,18,20). The molecule has 6 nitrogen and oxygen atoms in total. The molecule has 0 bridgehead atoms. The summed E-state index contributed by atoms with van der Waals surface area (Å²) in [6.45, 7) is 0. The Balaban J connectivity index is 1.91. The number of thioether (sulfide) groups is 1. The lowest BCUT2D eigenvalue weighted by atomic mass is 10.2. The number of hydrogen-bond acceptors (Lipinski definition) is 5. The summed E-state index contributed by atoms with van der Waals surface area (Å²) in [6, 6.07) is 4.00. The number of carbonyl (C=O) groups excluding carboxylic acids is 3. The second kappa shape index (κ2) is 7.90. The van der Waals surface area contributed by atoms with Crippen molar-refractivity contribution < 1.29 is 19.1 Å². The highest BCUT2D eigenvalue weighted by atomic mass is 35.5. The lowest BCUT2D eigenvalue weighted by Crippen LogP contribution is -2.51. The van der Waals surface area contributed by atoms with Gasteiger partial charge in [0, 0.05) is 27.9 Å². The van der Waals surface area contributed by atoms with E-state index in [2.05, 4.69) is 15.4 Å². The number of amides is 2. The second-order valence-corrected chi connectivity index (χ2v) is 6.93. The summed E-state index contributed by atoms with van der Waals surface area (Å²) in [5.74, 6) is -0.843. The first kappa shape index (κ1) is 17.9. The molecular formula is C14H14Cl2N2O4S. The fourth-order valence-electron chi connectivity index (χ4n) is 2.02. The van der Waals surface area contributed by atoms with Crippen molar-refractivity contribution in [2.45, 2.75) is 17.7 Å². The van der Waals surface area contributed by atoms with Gasteiger partial charge < -0.3 is 15.4 Å². The predicted molar refractivity (Wildman–Crippen MR) is 89.9 cm³/mol. The number of esters is 1. The maximum Gasteiger partial charge on any atom is 0.329 e. The van der Waals surface area contributed by atoms with E-state index in [1.165, 1.54) is 18.9 Å². The lowest BCUT2D eigenvalue weighted by molar-refractivity contribution is -0.144. The molecule has 2 N–H and O–H groups in total. The largest absolute Gasteiger partial charge is 0.467 e. The van der Waals surface area contributed by atoms with Crippen LogP contribution in [0.15, 0.2) is 18.2 Å². The highest BCUT2D eigenvalue weighted by Crippen LogP contribution is 2.24. The summed E-state index contributed by atoms with van der Waals surface area (Å²) in [4.78, 5) is 35.4. The molecule has 2 unspecified atom stereocenters. The third-order valence-corrected chi connectivity index (χ3v) is 4.82. The number of ether oxygens (including phenoxy) is 1. The minimum absolute atomic E-state index is 0.0193. The zero-order valence-electron chi connectivity index (χ0n) is 12.1. The number of anilines is 1. The number of carbonyl (C=O) groups is 3. The van der Waals surface area contributed by atoms with Crippen molar-refractivity contribution in [2.24, 2.45) is 0 Å². The number of halogens is 2. The van der Waals surface area contributed by atoms with Gasteiger partial charge in [0.25, 0.3) is 0 Å². The Labute approximate surface area is 147 Å². The molecule has 1 aromatic rings. The molecular weight excluding hydrogens is 363 g/mol. The maximum absolute atomic E-state index is 12.0. The summed E-state index contributed by atoms with van der Waals surface area (Å²) >= 11 is 13.0. The molecule has 1 aliphatic rings. The minimum Gasteiger partial charge on any atom is -0.467 e. The van der Waals surface area contributed by atoms with Gasteiger partial charge in [-0.2, -0.15) is 0 Å². The summed E-state index contributed by atoms with van der Waals surface area (Å²) in [6.07, 6.45) is -0.0193. The van der Waals surface area contributed by atoms with E-state index in [0.29, 0.717) is 21.5 Å². The topological polar surface area (TPSA) is 84.5 Å². The van der Waals surface area contributed by atoms with Gasteiger partial charge in [-0.15, -0.1) is 11.8 Å². The van der Waals surface area contributed by atoms with E-state index in [4.69, 9.17) is 23.2 Å². The van der Waals surface area contributed by atoms with Crippen molar-refractivity contribution in [3.05, 3.63) is 28.2 Å². The molecule has 0 radical (unpaired) electrons. The van der Waals surface area contributed by atoms with E-state index in [0.717, 1.165) is 0 Å². The van der Waals surface area contributed by atoms with Crippen LogP contribution in [-0.2, 0) is 19.1 Å². The molecule has 0 saturated carbocycles. The molecule has 0 aliphatic carbocycles. The average Bonchev–Trinajstić information content (AvgIpc) is 2.47. The molecule has 23 heavy (non-hydrogen) atoms. The van der Waals surface area contributed by atoms with Crippen LogP contribution in [0.1, 0.15) is 6.42 Å². The van der Waals surface area contributed by atoms with E-state index in [1.54, 1.807) is 18.2 Å². The number of rotatable bonds is 4. The number of benzene rings is 1. The molecule has 124 valence electrons. The Bertz CT molecular complexity index is 621. The van der Waals surface area contributed by atoms with Crippen LogP contribution >= 0.6 is 35.0 Å². The predicted octanol–water partition coefficient (Wildman–Crippen LogP) is 2.10. The summed E-state index contributed by atoms with van der Waals surface area (Å²) < 4.78 is 4.58. The SMILES string of the molecule is COC(=O)C1CSC(CC(=O)Nc2cc(Cl)cc(Cl)c2)C(=O)N1. The van der Waals surface area contributed by atoms with E-state index < -0.39 is 17.3 Å². The molecule has 1 saturated heterocycles. The second-order valence-electron chi connectivity index (χ2n) is 4.82. The van der Waals surface area contributed by atoms with Crippen LogP contribution in [0.3, 0.4) is 0 Å². The molecule has 0 spiro atoms. The molecule has 2 rings (SSSR count). The fraction of sp³-hybridized carbons (Fsp3) is 0.357. The average molecular weight is 377 g/mol. The summed E-state index contributed by atoms with van der Waals surface area (Å²) in [5.41, 5.74) is 0.459. The van der Waals surface area contributed by atoms with E-state index in [9.17, 15) is 14.4 Å². The van der Waals surface area contributed by atoms with Gasteiger partial charge in [0.15, 0.2) is 0 Å². The van der Waals surface area contributed by atoms with Crippen LogP contribution in [0.25, 0.3) is 0 Å². The number of nitrogens with one attached hydrogen (secondary N) is 2. The van der Waals surface area contributed by atoms with Gasteiger partial charge in [-0.1, -0.05) is 23.2 Å². The first-order valence-electron chi connectivity index (χ1n) is 6.65. The zero-order valence-corrected chi connectivity index (χ0v) is 14.4. The first-order valence-corrected chi connectivity index (χ1v) is 8.45. The summed E-state index contributed by atoms with van der Waals surface area (Å²) in [5, 5.41) is 5.43. The molecule has 1 aliphatic heterocycles. The Morgan fingerprint density at radius 3 is 2.57 bits per heavy atom. The van der Waals surface area contributed by atoms with Crippen LogP contribution in [-0.4, -0.2) is 41.9 Å². The van der Waals surface area contributed by atoms with Crippen LogP contribution in [0, 0.1) is 0 Å². The van der Waals surface area contributed by atoms with Crippen molar-refractivity contribution >= 4 is 58.4 Å². The molecule has 1 heterocycles. The number of hydrogen-bond donors (Lipinski definition) is 2. The minimum atomic E-state index is -0.677. The highest BCUT2D eigenvalue weighted by molar-refractivity contribution is 8.00. The highest BCUT2D eigenvalue weighted by Gasteiger charge is 2.34. The molecule has 2 atom stereocenters. The fourth-order valence-corrected chi connectivity index (χ4v) is 3.68. The molecule has 2 amide bonds. The van der Waals surface area contributed by atoms with Crippen molar-refractivity contribution in [3.63, 3.8) is 0 Å². The van der Waals surface area contributed by atoms with Crippen molar-refractivity contribution in [1.29, 1.82) is 0 Å². The van der Waals surface area contributed by atoms with Gasteiger partial charge in [-0.25, -0.2) is 4.79 Å². The van der Waals surface area contributed by atoms with E-state index in [-0.39, 0.29) is 18.2 Å². The van der Waals surface area contributed by atoms with Gasteiger partial charge in [0.05, 0.1) is 12.4 Å². The van der Waals surface area contributed by atoms with Gasteiger partial charge in [-0.3, -0.25) is 9.59 Å². The first-order chi connectivity index (χ1) is 10.9. The zero-order chi connectivity index (χ0) is 17.0. The Morgan fingerprint density at radius 1 is 1.35 bits per heavy atom. The van der Waals surface area contributed by atoms with Crippen LogP contribution in [0.2, 0.25) is 10.0 Å². The maximum atomic E-state index is 12.0. The number of methoxy groups -OCH3 is 1. The van der Waals surface area contributed by atoms with Crippen LogP contribution in [0.5, 0.6) is 0 Å². The molecule has 9 heteroatoms. The van der Waals surface area contributed by atoms with Crippen molar-refractivity contribution in [2.75, 3.05) is 18.2 Å². The third kappa shape index (κ3) is 5.02. The van der Waals surface area contributed by atoms with Gasteiger partial charge in [0.2, 0.25) is 11.8 Å². The van der Waals surface area contributed by atoms with Gasteiger partial charge in [0.1, 0.15) is 6.04 Å².